The Morgan fingerprint density at radius 2 is 2.00 bits per heavy atom. The van der Waals surface area contributed by atoms with Gasteiger partial charge in [-0.25, -0.2) is 4.98 Å². The Hall–Kier alpha value is -0.560. The number of nitrogens with two attached hydrogens (primary N) is 1. The van der Waals surface area contributed by atoms with Gasteiger partial charge in [-0.2, -0.15) is 0 Å². The van der Waals surface area contributed by atoms with Crippen LogP contribution in [0.25, 0.3) is 10.6 Å². The van der Waals surface area contributed by atoms with Crippen LogP contribution in [0.4, 0.5) is 0 Å². The molecule has 1 aromatic carbocycles. The fourth-order valence-corrected chi connectivity index (χ4v) is 3.81. The van der Waals surface area contributed by atoms with Crippen LogP contribution < -0.4 is 11.1 Å². The molecule has 2 aromatic rings. The van der Waals surface area contributed by atoms with E-state index in [4.69, 9.17) is 28.9 Å². The van der Waals surface area contributed by atoms with Crippen molar-refractivity contribution < 1.29 is 4.79 Å². The Bertz CT molecular complexity index is 709. The summed E-state index contributed by atoms with van der Waals surface area (Å²) in [5.41, 5.74) is 7.26. The van der Waals surface area contributed by atoms with Crippen LogP contribution in [-0.4, -0.2) is 23.5 Å². The molecule has 0 aliphatic rings. The highest BCUT2D eigenvalue weighted by atomic mass is 35.5. The van der Waals surface area contributed by atoms with E-state index in [1.807, 2.05) is 11.4 Å². The van der Waals surface area contributed by atoms with Crippen molar-refractivity contribution in [2.45, 2.75) is 32.7 Å². The first-order valence-corrected chi connectivity index (χ1v) is 9.41. The van der Waals surface area contributed by atoms with Gasteiger partial charge in [-0.3, -0.25) is 4.79 Å². The quantitative estimate of drug-likeness (QED) is 0.613. The first kappa shape index (κ1) is 25.4. The van der Waals surface area contributed by atoms with Crippen molar-refractivity contribution >= 4 is 65.3 Å². The summed E-state index contributed by atoms with van der Waals surface area (Å²) in [5, 5.41) is 6.75. The second kappa shape index (κ2) is 12.0. The number of halogens is 4. The highest BCUT2D eigenvalue weighted by molar-refractivity contribution is 7.13. The number of hydrogen-bond donors (Lipinski definition) is 2. The molecule has 4 nitrogen and oxygen atoms in total. The Morgan fingerprint density at radius 3 is 2.58 bits per heavy atom. The van der Waals surface area contributed by atoms with Crippen molar-refractivity contribution in [2.75, 3.05) is 6.54 Å². The van der Waals surface area contributed by atoms with E-state index in [1.54, 1.807) is 12.1 Å². The molecule has 0 aliphatic heterocycles. The molecule has 0 saturated carbocycles. The molecular formula is C17H23Cl4N3OS. The Morgan fingerprint density at radius 1 is 1.31 bits per heavy atom. The number of nitrogens with one attached hydrogen (secondary N) is 1. The number of hydrogen-bond acceptors (Lipinski definition) is 4. The zero-order valence-corrected chi connectivity index (χ0v) is 18.5. The first-order valence-electron chi connectivity index (χ1n) is 7.78. The van der Waals surface area contributed by atoms with Gasteiger partial charge in [-0.1, -0.05) is 37.0 Å². The lowest BCUT2D eigenvalue weighted by molar-refractivity contribution is -0.121. The van der Waals surface area contributed by atoms with Gasteiger partial charge in [0.25, 0.3) is 0 Å². The van der Waals surface area contributed by atoms with Crippen molar-refractivity contribution in [1.82, 2.24) is 10.3 Å². The number of aromatic nitrogens is 1. The molecule has 1 amide bonds. The standard InChI is InChI=1S/C17H21Cl2N3OS.2ClH/c1-10(2)5-12(8-20)21-16(23)7-13-9-24-17(22-13)14-4-3-11(18)6-15(14)19;;/h3-4,6,9-10,12H,5,7-8,20H2,1-2H3,(H,21,23);2*1H. The van der Waals surface area contributed by atoms with Gasteiger partial charge in [0.2, 0.25) is 5.91 Å². The van der Waals surface area contributed by atoms with E-state index in [1.165, 1.54) is 11.3 Å². The van der Waals surface area contributed by atoms with Crippen LogP contribution in [0, 0.1) is 5.92 Å². The molecule has 26 heavy (non-hydrogen) atoms. The largest absolute Gasteiger partial charge is 0.352 e. The molecule has 0 aliphatic carbocycles. The van der Waals surface area contributed by atoms with E-state index in [0.29, 0.717) is 22.5 Å². The van der Waals surface area contributed by atoms with Gasteiger partial charge >= 0.3 is 0 Å². The van der Waals surface area contributed by atoms with E-state index < -0.39 is 0 Å². The van der Waals surface area contributed by atoms with Crippen LogP contribution in [0.3, 0.4) is 0 Å². The second-order valence-electron chi connectivity index (χ2n) is 6.07. The summed E-state index contributed by atoms with van der Waals surface area (Å²) in [7, 11) is 0. The first-order chi connectivity index (χ1) is 11.4. The van der Waals surface area contributed by atoms with E-state index in [9.17, 15) is 4.79 Å². The number of rotatable bonds is 7. The van der Waals surface area contributed by atoms with Crippen molar-refractivity contribution in [3.05, 3.63) is 39.3 Å². The summed E-state index contributed by atoms with van der Waals surface area (Å²) in [6, 6.07) is 5.29. The molecule has 0 saturated heterocycles. The summed E-state index contributed by atoms with van der Waals surface area (Å²) < 4.78 is 0. The predicted molar refractivity (Wildman–Crippen MR) is 116 cm³/mol. The average molecular weight is 459 g/mol. The van der Waals surface area contributed by atoms with Crippen molar-refractivity contribution in [3.8, 4) is 10.6 Å². The normalized spacial score (nSPS) is 11.5. The third kappa shape index (κ3) is 7.59. The SMILES string of the molecule is CC(C)CC(CN)NC(=O)Cc1csc(-c2ccc(Cl)cc2Cl)n1.Cl.Cl. The molecule has 146 valence electrons. The molecule has 3 N–H and O–H groups in total. The van der Waals surface area contributed by atoms with Gasteiger partial charge in [-0.05, 0) is 30.5 Å². The fourth-order valence-electron chi connectivity index (χ4n) is 2.40. The minimum atomic E-state index is -0.0647. The van der Waals surface area contributed by atoms with Gasteiger partial charge in [0.05, 0.1) is 17.1 Å². The molecule has 0 spiro atoms. The van der Waals surface area contributed by atoms with Gasteiger partial charge in [0.1, 0.15) is 5.01 Å². The van der Waals surface area contributed by atoms with E-state index >= 15 is 0 Å². The topological polar surface area (TPSA) is 68.0 Å². The third-order valence-electron chi connectivity index (χ3n) is 3.46. The third-order valence-corrected chi connectivity index (χ3v) is 4.93. The Labute approximate surface area is 180 Å². The second-order valence-corrected chi connectivity index (χ2v) is 7.78. The number of benzene rings is 1. The maximum absolute atomic E-state index is 12.2. The minimum Gasteiger partial charge on any atom is -0.352 e. The summed E-state index contributed by atoms with van der Waals surface area (Å²) in [6.07, 6.45) is 1.10. The zero-order chi connectivity index (χ0) is 17.7. The van der Waals surface area contributed by atoms with Crippen LogP contribution in [0.5, 0.6) is 0 Å². The molecular weight excluding hydrogens is 436 g/mol. The zero-order valence-electron chi connectivity index (χ0n) is 14.5. The lowest BCUT2D eigenvalue weighted by Gasteiger charge is -2.18. The highest BCUT2D eigenvalue weighted by Gasteiger charge is 2.15. The van der Waals surface area contributed by atoms with Gasteiger partial charge in [0.15, 0.2) is 0 Å². The molecule has 1 aromatic heterocycles. The molecule has 1 heterocycles. The molecule has 0 fully saturated rings. The predicted octanol–water partition coefficient (Wildman–Crippen LogP) is 4.99. The number of carbonyl (C=O) groups excluding carboxylic acids is 1. The van der Waals surface area contributed by atoms with Crippen molar-refractivity contribution in [3.63, 3.8) is 0 Å². The molecule has 1 unspecified atom stereocenters. The van der Waals surface area contributed by atoms with Crippen LogP contribution in [0.2, 0.25) is 10.0 Å². The fraction of sp³-hybridized carbons (Fsp3) is 0.412. The maximum Gasteiger partial charge on any atom is 0.226 e. The van der Waals surface area contributed by atoms with Crippen LogP contribution in [-0.2, 0) is 11.2 Å². The Balaban J connectivity index is 0.00000312. The van der Waals surface area contributed by atoms with Crippen LogP contribution in [0.15, 0.2) is 23.6 Å². The van der Waals surface area contributed by atoms with Gasteiger partial charge in [0, 0.05) is 28.6 Å². The summed E-state index contributed by atoms with van der Waals surface area (Å²) >= 11 is 13.6. The molecule has 9 heteroatoms. The van der Waals surface area contributed by atoms with E-state index in [2.05, 4.69) is 24.1 Å². The monoisotopic (exact) mass is 457 g/mol. The summed E-state index contributed by atoms with van der Waals surface area (Å²) in [5.74, 6) is 0.418. The van der Waals surface area contributed by atoms with Crippen molar-refractivity contribution in [1.29, 1.82) is 0 Å². The molecule has 1 atom stereocenters. The lowest BCUT2D eigenvalue weighted by Crippen LogP contribution is -2.41. The van der Waals surface area contributed by atoms with E-state index in [-0.39, 0.29) is 43.2 Å². The molecule has 0 bridgehead atoms. The van der Waals surface area contributed by atoms with Crippen molar-refractivity contribution in [2.24, 2.45) is 11.7 Å². The summed E-state index contributed by atoms with van der Waals surface area (Å²) in [6.45, 7) is 4.65. The average Bonchev–Trinajstić information content (AvgIpc) is 2.94. The van der Waals surface area contributed by atoms with Gasteiger partial charge in [-0.15, -0.1) is 36.2 Å². The van der Waals surface area contributed by atoms with E-state index in [0.717, 1.165) is 22.7 Å². The number of carbonyl (C=O) groups is 1. The van der Waals surface area contributed by atoms with Gasteiger partial charge < -0.3 is 11.1 Å². The summed E-state index contributed by atoms with van der Waals surface area (Å²) in [4.78, 5) is 16.7. The molecule has 2 rings (SSSR count). The van der Waals surface area contributed by atoms with Crippen LogP contribution >= 0.6 is 59.4 Å². The number of thiazole rings is 1. The smallest absolute Gasteiger partial charge is 0.226 e. The minimum absolute atomic E-state index is 0. The lowest BCUT2D eigenvalue weighted by atomic mass is 10.0. The van der Waals surface area contributed by atoms with Crippen LogP contribution in [0.1, 0.15) is 26.0 Å². The highest BCUT2D eigenvalue weighted by Crippen LogP contribution is 2.32. The Kier molecular flexibility index (Phi) is 11.7. The number of nitrogens with zero attached hydrogens (tertiary/aromatic N) is 1. The molecule has 0 radical (unpaired) electrons. The number of amides is 1. The maximum atomic E-state index is 12.2.